The van der Waals surface area contributed by atoms with E-state index in [-0.39, 0.29) is 24.2 Å². The second-order valence-corrected chi connectivity index (χ2v) is 4.37. The molecule has 0 fully saturated rings. The summed E-state index contributed by atoms with van der Waals surface area (Å²) < 4.78 is 0. The van der Waals surface area contributed by atoms with Gasteiger partial charge < -0.3 is 21.3 Å². The predicted molar refractivity (Wildman–Crippen MR) is 70.2 cm³/mol. The molecule has 7 nitrogen and oxygen atoms in total. The number of rotatable bonds is 6. The molecule has 7 heteroatoms. The van der Waals surface area contributed by atoms with Crippen molar-refractivity contribution in [3.63, 3.8) is 0 Å². The van der Waals surface area contributed by atoms with Gasteiger partial charge in [0.1, 0.15) is 11.8 Å². The quantitative estimate of drug-likeness (QED) is 0.589. The Bertz CT molecular complexity index is 542. The summed E-state index contributed by atoms with van der Waals surface area (Å²) in [7, 11) is 0. The fourth-order valence-electron chi connectivity index (χ4n) is 1.68. The first-order chi connectivity index (χ1) is 9.31. The second-order valence-electron chi connectivity index (χ2n) is 4.37. The number of aryl methyl sites for hydroxylation is 1. The average Bonchev–Trinajstić information content (AvgIpc) is 2.33. The van der Waals surface area contributed by atoms with Gasteiger partial charge in [-0.15, -0.1) is 0 Å². The number of benzene rings is 1. The normalized spacial score (nSPS) is 11.7. The minimum Gasteiger partial charge on any atom is -0.508 e. The maximum atomic E-state index is 12.0. The Balaban J connectivity index is 2.80. The van der Waals surface area contributed by atoms with Gasteiger partial charge in [0.05, 0.1) is 0 Å². The standard InChI is InChI=1S/C13H16N2O5/c1-7-6-8(16)2-3-9(7)12(18)15-10(13(19)20)4-5-11(14)17/h2-3,6,10,16H,4-5H2,1H3,(H2,14,17)(H,15,18)(H,19,20)/t10-/m1/s1. The van der Waals surface area contributed by atoms with Gasteiger partial charge >= 0.3 is 5.97 Å². The molecule has 0 saturated heterocycles. The Morgan fingerprint density at radius 2 is 2.00 bits per heavy atom. The Kier molecular flexibility index (Phi) is 5.08. The Labute approximate surface area is 115 Å². The fourth-order valence-corrected chi connectivity index (χ4v) is 1.68. The number of phenolic OH excluding ortho intramolecular Hbond substituents is 1. The molecule has 0 radical (unpaired) electrons. The average molecular weight is 280 g/mol. The number of carboxylic acids is 1. The third kappa shape index (κ3) is 4.27. The highest BCUT2D eigenvalue weighted by molar-refractivity contribution is 5.98. The molecule has 0 unspecified atom stereocenters. The summed E-state index contributed by atoms with van der Waals surface area (Å²) in [5.74, 6) is -2.44. The lowest BCUT2D eigenvalue weighted by Gasteiger charge is -2.14. The number of aliphatic carboxylic acids is 1. The maximum absolute atomic E-state index is 12.0. The van der Waals surface area contributed by atoms with E-state index in [1.165, 1.54) is 18.2 Å². The number of hydrogen-bond acceptors (Lipinski definition) is 4. The van der Waals surface area contributed by atoms with Crippen LogP contribution >= 0.6 is 0 Å². The highest BCUT2D eigenvalue weighted by Gasteiger charge is 2.21. The van der Waals surface area contributed by atoms with Crippen molar-refractivity contribution in [2.45, 2.75) is 25.8 Å². The molecule has 1 rings (SSSR count). The van der Waals surface area contributed by atoms with E-state index < -0.39 is 23.8 Å². The number of aromatic hydroxyl groups is 1. The third-order valence-electron chi connectivity index (χ3n) is 2.74. The van der Waals surface area contributed by atoms with Crippen LogP contribution in [0.15, 0.2) is 18.2 Å². The van der Waals surface area contributed by atoms with Crippen LogP contribution < -0.4 is 11.1 Å². The van der Waals surface area contributed by atoms with E-state index >= 15 is 0 Å². The van der Waals surface area contributed by atoms with Gasteiger partial charge in [0.2, 0.25) is 5.91 Å². The molecule has 0 bridgehead atoms. The molecule has 0 aliphatic rings. The van der Waals surface area contributed by atoms with Crippen molar-refractivity contribution in [3.05, 3.63) is 29.3 Å². The van der Waals surface area contributed by atoms with Crippen LogP contribution in [0.1, 0.15) is 28.8 Å². The first-order valence-corrected chi connectivity index (χ1v) is 5.93. The zero-order valence-corrected chi connectivity index (χ0v) is 10.9. The van der Waals surface area contributed by atoms with Crippen LogP contribution in [0.25, 0.3) is 0 Å². The van der Waals surface area contributed by atoms with Gasteiger partial charge in [0.15, 0.2) is 0 Å². The SMILES string of the molecule is Cc1cc(O)ccc1C(=O)N[C@H](CCC(N)=O)C(=O)O. The molecule has 20 heavy (non-hydrogen) atoms. The van der Waals surface area contributed by atoms with Gasteiger partial charge in [-0.25, -0.2) is 4.79 Å². The highest BCUT2D eigenvalue weighted by atomic mass is 16.4. The van der Waals surface area contributed by atoms with Crippen LogP contribution in [0.4, 0.5) is 0 Å². The van der Waals surface area contributed by atoms with Crippen LogP contribution in [0.2, 0.25) is 0 Å². The molecule has 0 aliphatic carbocycles. The Morgan fingerprint density at radius 3 is 2.50 bits per heavy atom. The molecule has 2 amide bonds. The monoisotopic (exact) mass is 280 g/mol. The van der Waals surface area contributed by atoms with Gasteiger partial charge in [-0.1, -0.05) is 0 Å². The molecule has 1 atom stereocenters. The number of primary amides is 1. The van der Waals surface area contributed by atoms with E-state index in [9.17, 15) is 19.5 Å². The minimum atomic E-state index is -1.24. The number of carbonyl (C=O) groups excluding carboxylic acids is 2. The molecule has 0 aliphatic heterocycles. The molecule has 108 valence electrons. The van der Waals surface area contributed by atoms with Crippen molar-refractivity contribution in [1.82, 2.24) is 5.32 Å². The van der Waals surface area contributed by atoms with Crippen LogP contribution in [0.5, 0.6) is 5.75 Å². The molecule has 1 aromatic carbocycles. The molecular weight excluding hydrogens is 264 g/mol. The lowest BCUT2D eigenvalue weighted by molar-refractivity contribution is -0.139. The largest absolute Gasteiger partial charge is 0.508 e. The van der Waals surface area contributed by atoms with Crippen molar-refractivity contribution >= 4 is 17.8 Å². The van der Waals surface area contributed by atoms with Gasteiger partial charge in [0.25, 0.3) is 5.91 Å². The van der Waals surface area contributed by atoms with E-state index in [2.05, 4.69) is 5.32 Å². The van der Waals surface area contributed by atoms with Crippen LogP contribution in [-0.2, 0) is 9.59 Å². The number of carbonyl (C=O) groups is 3. The zero-order valence-electron chi connectivity index (χ0n) is 10.9. The molecule has 1 aromatic rings. The molecule has 0 saturated carbocycles. The second kappa shape index (κ2) is 6.55. The van der Waals surface area contributed by atoms with Gasteiger partial charge in [-0.2, -0.15) is 0 Å². The number of hydrogen-bond donors (Lipinski definition) is 4. The summed E-state index contributed by atoms with van der Waals surface area (Å²) in [6.07, 6.45) is -0.209. The topological polar surface area (TPSA) is 130 Å². The predicted octanol–water partition coefficient (Wildman–Crippen LogP) is 0.149. The first kappa shape index (κ1) is 15.5. The zero-order chi connectivity index (χ0) is 15.3. The van der Waals surface area contributed by atoms with Crippen LogP contribution in [-0.4, -0.2) is 34.0 Å². The molecule has 0 aromatic heterocycles. The van der Waals surface area contributed by atoms with Gasteiger partial charge in [-0.3, -0.25) is 9.59 Å². The molecular formula is C13H16N2O5. The smallest absolute Gasteiger partial charge is 0.326 e. The number of carboxylic acid groups (broad SMARTS) is 1. The molecule has 0 heterocycles. The van der Waals surface area contributed by atoms with Crippen molar-refractivity contribution in [2.24, 2.45) is 5.73 Å². The number of phenols is 1. The molecule has 5 N–H and O–H groups in total. The number of nitrogens with one attached hydrogen (secondary N) is 1. The lowest BCUT2D eigenvalue weighted by Crippen LogP contribution is -2.41. The summed E-state index contributed by atoms with van der Waals surface area (Å²) in [6.45, 7) is 1.62. The number of nitrogens with two attached hydrogens (primary N) is 1. The van der Waals surface area contributed by atoms with E-state index in [1.807, 2.05) is 0 Å². The van der Waals surface area contributed by atoms with E-state index in [4.69, 9.17) is 10.8 Å². The van der Waals surface area contributed by atoms with Crippen LogP contribution in [0, 0.1) is 6.92 Å². The lowest BCUT2D eigenvalue weighted by atomic mass is 10.1. The van der Waals surface area contributed by atoms with Crippen molar-refractivity contribution in [2.75, 3.05) is 0 Å². The maximum Gasteiger partial charge on any atom is 0.326 e. The molecule has 0 spiro atoms. The fraction of sp³-hybridized carbons (Fsp3) is 0.308. The van der Waals surface area contributed by atoms with E-state index in [0.29, 0.717) is 5.56 Å². The first-order valence-electron chi connectivity index (χ1n) is 5.93. The van der Waals surface area contributed by atoms with Gasteiger partial charge in [-0.05, 0) is 37.1 Å². The van der Waals surface area contributed by atoms with Crippen LogP contribution in [0.3, 0.4) is 0 Å². The van der Waals surface area contributed by atoms with Crippen molar-refractivity contribution in [3.8, 4) is 5.75 Å². The summed E-state index contributed by atoms with van der Waals surface area (Å²) in [5, 5.41) is 20.6. The number of amides is 2. The minimum absolute atomic E-state index is 0.0163. The summed E-state index contributed by atoms with van der Waals surface area (Å²) in [4.78, 5) is 33.6. The summed E-state index contributed by atoms with van der Waals surface area (Å²) in [6, 6.07) is 2.94. The highest BCUT2D eigenvalue weighted by Crippen LogP contribution is 2.15. The Hall–Kier alpha value is -2.57. The van der Waals surface area contributed by atoms with Crippen molar-refractivity contribution in [1.29, 1.82) is 0 Å². The van der Waals surface area contributed by atoms with E-state index in [0.717, 1.165) is 0 Å². The third-order valence-corrected chi connectivity index (χ3v) is 2.74. The summed E-state index contributed by atoms with van der Waals surface area (Å²) >= 11 is 0. The van der Waals surface area contributed by atoms with Gasteiger partial charge in [0, 0.05) is 12.0 Å². The Morgan fingerprint density at radius 1 is 1.35 bits per heavy atom. The summed E-state index contributed by atoms with van der Waals surface area (Å²) in [5.41, 5.74) is 5.72. The van der Waals surface area contributed by atoms with Crippen molar-refractivity contribution < 1.29 is 24.6 Å². The van der Waals surface area contributed by atoms with E-state index in [1.54, 1.807) is 6.92 Å².